The van der Waals surface area contributed by atoms with Gasteiger partial charge in [0, 0.05) is 50.1 Å². The van der Waals surface area contributed by atoms with Gasteiger partial charge in [0.15, 0.2) is 11.5 Å². The Morgan fingerprint density at radius 1 is 0.846 bits per heavy atom. The van der Waals surface area contributed by atoms with Gasteiger partial charge in [-0.25, -0.2) is 0 Å². The van der Waals surface area contributed by atoms with Crippen molar-refractivity contribution >= 4 is 0 Å². The molecule has 0 aromatic carbocycles. The monoisotopic (exact) mass is 358 g/mol. The molecule has 0 amide bonds. The van der Waals surface area contributed by atoms with Gasteiger partial charge in [-0.3, -0.25) is 9.80 Å². The van der Waals surface area contributed by atoms with Gasteiger partial charge in [-0.15, -0.1) is 0 Å². The molecule has 1 aliphatic heterocycles. The zero-order valence-electron chi connectivity index (χ0n) is 15.0. The molecule has 2 aliphatic carbocycles. The van der Waals surface area contributed by atoms with Gasteiger partial charge in [-0.2, -0.15) is 0 Å². The summed E-state index contributed by atoms with van der Waals surface area (Å²) in [5, 5.41) is 18.8. The molecule has 0 unspecified atom stereocenters. The number of rotatable bonds is 6. The second-order valence-electron chi connectivity index (χ2n) is 8.11. The Morgan fingerprint density at radius 2 is 1.31 bits per heavy atom. The molecule has 3 aliphatic rings. The first kappa shape index (κ1) is 16.5. The smallest absolute Gasteiger partial charge is 0.150 e. The van der Waals surface area contributed by atoms with Crippen molar-refractivity contribution in [3.63, 3.8) is 0 Å². The highest BCUT2D eigenvalue weighted by Crippen LogP contribution is 2.40. The molecule has 0 spiro atoms. The molecule has 2 aromatic heterocycles. The van der Waals surface area contributed by atoms with E-state index in [4.69, 9.17) is 9.05 Å². The van der Waals surface area contributed by atoms with Crippen LogP contribution in [-0.4, -0.2) is 57.5 Å². The standard InChI is InChI=1S/C19H26N4O3/c24-15-9-22(11-16-7-18(20-25-16)13-1-2-13)5-6-23(10-15)12-17-8-19(21-26-17)14-3-4-14/h7-8,13-15,24H,1-6,9-12H2. The Hall–Kier alpha value is -1.70. The fraction of sp³-hybridized carbons (Fsp3) is 0.684. The van der Waals surface area contributed by atoms with E-state index in [1.807, 2.05) is 0 Å². The Bertz CT molecular complexity index is 687. The van der Waals surface area contributed by atoms with Crippen molar-refractivity contribution in [3.05, 3.63) is 35.0 Å². The van der Waals surface area contributed by atoms with Gasteiger partial charge in [0.1, 0.15) is 0 Å². The van der Waals surface area contributed by atoms with Crippen LogP contribution in [-0.2, 0) is 13.1 Å². The number of β-amino-alcohol motifs (C(OH)–C–C–N with tert-alkyl or cyclic N) is 1. The van der Waals surface area contributed by atoms with Crippen molar-refractivity contribution in [2.24, 2.45) is 0 Å². The van der Waals surface area contributed by atoms with Crippen LogP contribution in [0.1, 0.15) is 60.4 Å². The van der Waals surface area contributed by atoms with Gasteiger partial charge in [0.2, 0.25) is 0 Å². The van der Waals surface area contributed by atoms with E-state index in [1.165, 1.54) is 25.7 Å². The Balaban J connectivity index is 1.17. The number of aliphatic hydroxyl groups excluding tert-OH is 1. The quantitative estimate of drug-likeness (QED) is 0.847. The molecular weight excluding hydrogens is 332 g/mol. The van der Waals surface area contributed by atoms with Gasteiger partial charge in [-0.05, 0) is 25.7 Å². The average molecular weight is 358 g/mol. The number of hydrogen-bond acceptors (Lipinski definition) is 7. The van der Waals surface area contributed by atoms with Gasteiger partial charge < -0.3 is 14.2 Å². The third-order valence-corrected chi connectivity index (χ3v) is 5.57. The minimum absolute atomic E-state index is 0.380. The maximum Gasteiger partial charge on any atom is 0.150 e. The molecule has 0 bridgehead atoms. The summed E-state index contributed by atoms with van der Waals surface area (Å²) in [7, 11) is 0. The predicted molar refractivity (Wildman–Crippen MR) is 93.5 cm³/mol. The lowest BCUT2D eigenvalue weighted by atomic mass is 10.2. The largest absolute Gasteiger partial charge is 0.390 e. The van der Waals surface area contributed by atoms with Crippen LogP contribution in [0.25, 0.3) is 0 Å². The summed E-state index contributed by atoms with van der Waals surface area (Å²) < 4.78 is 11.0. The maximum atomic E-state index is 10.4. The van der Waals surface area contributed by atoms with Crippen molar-refractivity contribution < 1.29 is 14.2 Å². The first-order valence-corrected chi connectivity index (χ1v) is 9.76. The van der Waals surface area contributed by atoms with E-state index in [9.17, 15) is 5.11 Å². The zero-order valence-corrected chi connectivity index (χ0v) is 15.0. The number of hydrogen-bond donors (Lipinski definition) is 1. The van der Waals surface area contributed by atoms with E-state index < -0.39 is 0 Å². The van der Waals surface area contributed by atoms with Crippen LogP contribution in [0.3, 0.4) is 0 Å². The normalized spacial score (nSPS) is 23.4. The van der Waals surface area contributed by atoms with Crippen molar-refractivity contribution in [1.29, 1.82) is 0 Å². The summed E-state index contributed by atoms with van der Waals surface area (Å²) in [5.74, 6) is 3.02. The first-order chi connectivity index (χ1) is 12.7. The Kier molecular flexibility index (Phi) is 4.30. The molecule has 3 fully saturated rings. The zero-order chi connectivity index (χ0) is 17.5. The minimum Gasteiger partial charge on any atom is -0.390 e. The van der Waals surface area contributed by atoms with Crippen molar-refractivity contribution in [3.8, 4) is 0 Å². The van der Waals surface area contributed by atoms with E-state index in [2.05, 4.69) is 32.2 Å². The number of aromatic nitrogens is 2. The second-order valence-corrected chi connectivity index (χ2v) is 8.11. The second kappa shape index (κ2) is 6.79. The predicted octanol–water partition coefficient (Wildman–Crippen LogP) is 2.10. The molecule has 3 heterocycles. The maximum absolute atomic E-state index is 10.4. The molecule has 0 atom stereocenters. The fourth-order valence-corrected chi connectivity index (χ4v) is 3.80. The van der Waals surface area contributed by atoms with Crippen LogP contribution in [0, 0.1) is 0 Å². The van der Waals surface area contributed by atoms with Crippen molar-refractivity contribution in [2.75, 3.05) is 26.2 Å². The van der Waals surface area contributed by atoms with E-state index in [-0.39, 0.29) is 6.10 Å². The molecule has 26 heavy (non-hydrogen) atoms. The molecule has 2 aromatic rings. The molecule has 0 radical (unpaired) electrons. The van der Waals surface area contributed by atoms with Crippen LogP contribution < -0.4 is 0 Å². The summed E-state index contributed by atoms with van der Waals surface area (Å²) in [6.07, 6.45) is 4.54. The van der Waals surface area contributed by atoms with Gasteiger partial charge in [0.05, 0.1) is 30.6 Å². The summed E-state index contributed by atoms with van der Waals surface area (Å²) in [5.41, 5.74) is 2.18. The molecule has 140 valence electrons. The first-order valence-electron chi connectivity index (χ1n) is 9.76. The third kappa shape index (κ3) is 3.84. The molecular formula is C19H26N4O3. The number of nitrogens with zero attached hydrogens (tertiary/aromatic N) is 4. The van der Waals surface area contributed by atoms with Crippen LogP contribution in [0.4, 0.5) is 0 Å². The summed E-state index contributed by atoms with van der Waals surface area (Å²) in [6, 6.07) is 4.17. The van der Waals surface area contributed by atoms with E-state index in [0.717, 1.165) is 36.0 Å². The van der Waals surface area contributed by atoms with E-state index in [1.54, 1.807) is 0 Å². The van der Waals surface area contributed by atoms with Crippen molar-refractivity contribution in [1.82, 2.24) is 20.1 Å². The lowest BCUT2D eigenvalue weighted by molar-refractivity contribution is 0.101. The fourth-order valence-electron chi connectivity index (χ4n) is 3.80. The summed E-state index contributed by atoms with van der Waals surface area (Å²) in [4.78, 5) is 4.50. The van der Waals surface area contributed by atoms with E-state index >= 15 is 0 Å². The molecule has 5 rings (SSSR count). The Labute approximate surface area is 152 Å². The van der Waals surface area contributed by atoms with Gasteiger partial charge in [0.25, 0.3) is 0 Å². The van der Waals surface area contributed by atoms with Crippen LogP contribution in [0.5, 0.6) is 0 Å². The Morgan fingerprint density at radius 3 is 1.73 bits per heavy atom. The molecule has 7 heteroatoms. The molecule has 1 saturated heterocycles. The summed E-state index contributed by atoms with van der Waals surface area (Å²) >= 11 is 0. The number of aliphatic hydroxyl groups is 1. The van der Waals surface area contributed by atoms with Gasteiger partial charge >= 0.3 is 0 Å². The average Bonchev–Trinajstić information content (AvgIpc) is 3.55. The lowest BCUT2D eigenvalue weighted by Gasteiger charge is -2.19. The highest BCUT2D eigenvalue weighted by molar-refractivity contribution is 5.16. The van der Waals surface area contributed by atoms with Crippen LogP contribution in [0.2, 0.25) is 0 Å². The summed E-state index contributed by atoms with van der Waals surface area (Å²) in [6.45, 7) is 4.50. The highest BCUT2D eigenvalue weighted by atomic mass is 16.5. The van der Waals surface area contributed by atoms with E-state index in [0.29, 0.717) is 38.0 Å². The SMILES string of the molecule is OC1CN(Cc2cc(C3CC3)no2)CCN(Cc2cc(C3CC3)no2)C1. The van der Waals surface area contributed by atoms with Gasteiger partial charge in [-0.1, -0.05) is 10.3 Å². The lowest BCUT2D eigenvalue weighted by Crippen LogP contribution is -2.33. The molecule has 7 nitrogen and oxygen atoms in total. The third-order valence-electron chi connectivity index (χ3n) is 5.57. The minimum atomic E-state index is -0.380. The topological polar surface area (TPSA) is 78.8 Å². The van der Waals surface area contributed by atoms with Crippen LogP contribution in [0.15, 0.2) is 21.2 Å². The molecule has 1 N–H and O–H groups in total. The highest BCUT2D eigenvalue weighted by Gasteiger charge is 2.29. The van der Waals surface area contributed by atoms with Crippen LogP contribution >= 0.6 is 0 Å². The van der Waals surface area contributed by atoms with Crippen molar-refractivity contribution in [2.45, 2.75) is 56.7 Å². The molecule has 2 saturated carbocycles.